The van der Waals surface area contributed by atoms with Gasteiger partial charge in [0.2, 0.25) is 10.0 Å². The average molecular weight is 316 g/mol. The highest BCUT2D eigenvalue weighted by Crippen LogP contribution is 2.22. The molecule has 0 bridgehead atoms. The molecule has 9 heteroatoms. The molecule has 1 heterocycles. The number of nitrogens with one attached hydrogen (secondary N) is 1. The zero-order chi connectivity index (χ0) is 14.8. The van der Waals surface area contributed by atoms with Crippen molar-refractivity contribution in [3.05, 3.63) is 40.9 Å². The molecule has 3 N–H and O–H groups in total. The number of halogens is 1. The maximum Gasteiger partial charge on any atom is 0.242 e. The third-order valence-electron chi connectivity index (χ3n) is 2.59. The second-order valence-electron chi connectivity index (χ2n) is 4.13. The van der Waals surface area contributed by atoms with E-state index in [1.54, 1.807) is 13.1 Å². The first-order chi connectivity index (χ1) is 9.42. The lowest BCUT2D eigenvalue weighted by Crippen LogP contribution is -2.24. The number of nitrogens with zero attached hydrogens (tertiary/aromatic N) is 3. The molecule has 0 fully saturated rings. The summed E-state index contributed by atoms with van der Waals surface area (Å²) in [5, 5.41) is 4.12. The van der Waals surface area contributed by atoms with Crippen molar-refractivity contribution in [3.63, 3.8) is 0 Å². The summed E-state index contributed by atoms with van der Waals surface area (Å²) in [6, 6.07) is 4.59. The zero-order valence-electron chi connectivity index (χ0n) is 10.7. The number of rotatable bonds is 5. The Hall–Kier alpha value is -1.48. The van der Waals surface area contributed by atoms with Crippen LogP contribution in [0.5, 0.6) is 0 Å². The summed E-state index contributed by atoms with van der Waals surface area (Å²) < 4.78 is 28.2. The standard InChI is InChI=1S/C11H14ClN5O2S/c1-17-7-14-11(16-17)6-15-20(18,19)10-3-2-8(5-13)4-9(10)12/h2-4,7,15H,5-6,13H2,1H3. The van der Waals surface area contributed by atoms with Gasteiger partial charge in [-0.05, 0) is 17.7 Å². The molecule has 0 aliphatic rings. The molecule has 0 aliphatic carbocycles. The quantitative estimate of drug-likeness (QED) is 0.831. The predicted molar refractivity (Wildman–Crippen MR) is 74.4 cm³/mol. The largest absolute Gasteiger partial charge is 0.326 e. The first kappa shape index (κ1) is 14.9. The Kier molecular flexibility index (Phi) is 4.39. The summed E-state index contributed by atoms with van der Waals surface area (Å²) in [5.74, 6) is 0.380. The van der Waals surface area contributed by atoms with Crippen molar-refractivity contribution in [2.45, 2.75) is 18.0 Å². The monoisotopic (exact) mass is 315 g/mol. The van der Waals surface area contributed by atoms with E-state index in [1.165, 1.54) is 23.1 Å². The van der Waals surface area contributed by atoms with Crippen LogP contribution in [0.1, 0.15) is 11.4 Å². The third kappa shape index (κ3) is 3.34. The van der Waals surface area contributed by atoms with Crippen molar-refractivity contribution in [2.75, 3.05) is 0 Å². The van der Waals surface area contributed by atoms with Gasteiger partial charge in [-0.1, -0.05) is 17.7 Å². The van der Waals surface area contributed by atoms with Gasteiger partial charge in [0.1, 0.15) is 11.2 Å². The fraction of sp³-hybridized carbons (Fsp3) is 0.273. The summed E-state index contributed by atoms with van der Waals surface area (Å²) >= 11 is 5.97. The molecule has 0 saturated heterocycles. The van der Waals surface area contributed by atoms with Gasteiger partial charge in [0.15, 0.2) is 5.82 Å². The van der Waals surface area contributed by atoms with Crippen LogP contribution >= 0.6 is 11.6 Å². The fourth-order valence-electron chi connectivity index (χ4n) is 1.59. The highest BCUT2D eigenvalue weighted by atomic mass is 35.5. The minimum atomic E-state index is -3.72. The Morgan fingerprint density at radius 3 is 2.75 bits per heavy atom. The van der Waals surface area contributed by atoms with Crippen LogP contribution in [-0.4, -0.2) is 23.2 Å². The maximum atomic E-state index is 12.1. The molecule has 0 radical (unpaired) electrons. The highest BCUT2D eigenvalue weighted by molar-refractivity contribution is 7.89. The second kappa shape index (κ2) is 5.88. The van der Waals surface area contributed by atoms with Crippen molar-refractivity contribution in [1.29, 1.82) is 0 Å². The van der Waals surface area contributed by atoms with Gasteiger partial charge in [-0.15, -0.1) is 0 Å². The van der Waals surface area contributed by atoms with E-state index in [0.717, 1.165) is 5.56 Å². The predicted octanol–water partition coefficient (Wildman–Crippen LogP) is 0.406. The van der Waals surface area contributed by atoms with E-state index in [9.17, 15) is 8.42 Å². The second-order valence-corrected chi connectivity index (χ2v) is 6.27. The fourth-order valence-corrected chi connectivity index (χ4v) is 3.14. The van der Waals surface area contributed by atoms with Crippen LogP contribution in [0.15, 0.2) is 29.4 Å². The Morgan fingerprint density at radius 2 is 2.20 bits per heavy atom. The Morgan fingerprint density at radius 1 is 1.45 bits per heavy atom. The van der Waals surface area contributed by atoms with Crippen LogP contribution in [0.25, 0.3) is 0 Å². The van der Waals surface area contributed by atoms with Gasteiger partial charge in [-0.25, -0.2) is 18.1 Å². The van der Waals surface area contributed by atoms with Gasteiger partial charge >= 0.3 is 0 Å². The van der Waals surface area contributed by atoms with Gasteiger partial charge in [-0.3, -0.25) is 4.68 Å². The number of benzene rings is 1. The summed E-state index contributed by atoms with van der Waals surface area (Å²) in [7, 11) is -2.02. The van der Waals surface area contributed by atoms with Crippen LogP contribution in [0.2, 0.25) is 5.02 Å². The lowest BCUT2D eigenvalue weighted by atomic mass is 10.2. The van der Waals surface area contributed by atoms with Crippen LogP contribution in [0.4, 0.5) is 0 Å². The van der Waals surface area contributed by atoms with Gasteiger partial charge < -0.3 is 5.73 Å². The lowest BCUT2D eigenvalue weighted by molar-refractivity contribution is 0.578. The molecule has 2 rings (SSSR count). The topological polar surface area (TPSA) is 103 Å². The molecule has 108 valence electrons. The Balaban J connectivity index is 2.18. The first-order valence-electron chi connectivity index (χ1n) is 5.75. The molecule has 0 aliphatic heterocycles. The zero-order valence-corrected chi connectivity index (χ0v) is 12.3. The SMILES string of the molecule is Cn1cnc(CNS(=O)(=O)c2ccc(CN)cc2Cl)n1. The van der Waals surface area contributed by atoms with Crippen molar-refractivity contribution in [1.82, 2.24) is 19.5 Å². The Labute approximate surface area is 121 Å². The minimum Gasteiger partial charge on any atom is -0.326 e. The lowest BCUT2D eigenvalue weighted by Gasteiger charge is -2.08. The van der Waals surface area contributed by atoms with Crippen molar-refractivity contribution in [2.24, 2.45) is 12.8 Å². The maximum absolute atomic E-state index is 12.1. The molecular weight excluding hydrogens is 302 g/mol. The van der Waals surface area contributed by atoms with Crippen LogP contribution in [-0.2, 0) is 30.2 Å². The van der Waals surface area contributed by atoms with E-state index in [4.69, 9.17) is 17.3 Å². The van der Waals surface area contributed by atoms with Crippen molar-refractivity contribution < 1.29 is 8.42 Å². The smallest absolute Gasteiger partial charge is 0.242 e. The molecule has 0 amide bonds. The summed E-state index contributed by atoms with van der Waals surface area (Å²) in [6.07, 6.45) is 1.49. The summed E-state index contributed by atoms with van der Waals surface area (Å²) in [5.41, 5.74) is 6.24. The van der Waals surface area contributed by atoms with E-state index in [-0.39, 0.29) is 16.5 Å². The van der Waals surface area contributed by atoms with Gasteiger partial charge in [-0.2, -0.15) is 5.10 Å². The van der Waals surface area contributed by atoms with Crippen molar-refractivity contribution >= 4 is 21.6 Å². The molecule has 0 atom stereocenters. The van der Waals surface area contributed by atoms with Crippen LogP contribution in [0.3, 0.4) is 0 Å². The Bertz CT molecular complexity index is 713. The highest BCUT2D eigenvalue weighted by Gasteiger charge is 2.18. The molecular formula is C11H14ClN5O2S. The number of aromatic nitrogens is 3. The number of hydrogen-bond donors (Lipinski definition) is 2. The van der Waals surface area contributed by atoms with E-state index in [2.05, 4.69) is 14.8 Å². The first-order valence-corrected chi connectivity index (χ1v) is 7.61. The molecule has 7 nitrogen and oxygen atoms in total. The van der Waals surface area contributed by atoms with E-state index in [0.29, 0.717) is 12.4 Å². The molecule has 0 spiro atoms. The van der Waals surface area contributed by atoms with E-state index in [1.807, 2.05) is 0 Å². The third-order valence-corrected chi connectivity index (χ3v) is 4.47. The molecule has 0 unspecified atom stereocenters. The molecule has 1 aromatic carbocycles. The summed E-state index contributed by atoms with van der Waals surface area (Å²) in [4.78, 5) is 3.94. The van der Waals surface area contributed by atoms with Crippen LogP contribution in [0, 0.1) is 0 Å². The van der Waals surface area contributed by atoms with Gasteiger partial charge in [0.05, 0.1) is 11.6 Å². The number of sulfonamides is 1. The number of nitrogens with two attached hydrogens (primary N) is 1. The number of aryl methyl sites for hydroxylation is 1. The van der Waals surface area contributed by atoms with E-state index >= 15 is 0 Å². The molecule has 2 aromatic rings. The molecule has 1 aromatic heterocycles. The van der Waals surface area contributed by atoms with Gasteiger partial charge in [0.25, 0.3) is 0 Å². The van der Waals surface area contributed by atoms with Crippen molar-refractivity contribution in [3.8, 4) is 0 Å². The summed E-state index contributed by atoms with van der Waals surface area (Å²) in [6.45, 7) is 0.295. The number of hydrogen-bond acceptors (Lipinski definition) is 5. The van der Waals surface area contributed by atoms with E-state index < -0.39 is 10.0 Å². The molecule has 20 heavy (non-hydrogen) atoms. The van der Waals surface area contributed by atoms with Crippen LogP contribution < -0.4 is 10.5 Å². The average Bonchev–Trinajstić information content (AvgIpc) is 2.82. The molecule has 0 saturated carbocycles. The van der Waals surface area contributed by atoms with Gasteiger partial charge in [0, 0.05) is 13.6 Å². The minimum absolute atomic E-state index is 0.00184. The normalized spacial score (nSPS) is 11.8.